The topological polar surface area (TPSA) is 112 Å². The van der Waals surface area contributed by atoms with E-state index in [0.717, 1.165) is 0 Å². The number of aliphatic carboxylic acids is 1. The number of hydrogen-bond acceptors (Lipinski definition) is 5. The number of aromatic hydroxyl groups is 2. The van der Waals surface area contributed by atoms with Gasteiger partial charge in [-0.1, -0.05) is 0 Å². The van der Waals surface area contributed by atoms with Gasteiger partial charge >= 0.3 is 5.97 Å². The monoisotopic (exact) mass is 302 g/mol. The van der Waals surface area contributed by atoms with Crippen LogP contribution in [-0.4, -0.2) is 43.6 Å². The average Bonchev–Trinajstić information content (AvgIpc) is 2.63. The Morgan fingerprint density at radius 1 is 1.45 bits per heavy atom. The van der Waals surface area contributed by atoms with E-state index < -0.39 is 12.0 Å². The molecule has 0 aliphatic carbocycles. The zero-order valence-corrected chi connectivity index (χ0v) is 12.1. The summed E-state index contributed by atoms with van der Waals surface area (Å²) in [7, 11) is 0. The molecular formula is C12H18N2O5S. The standard InChI is InChI=1S/C12H18N2O5S/c1-3-14-10(16)6-8(11(14)17)20-5-4-9(15)13-7(2)12(18)19/h6-7,16-17H,3-5H2,1-2H3,(H,13,15)(H,18,19). The van der Waals surface area contributed by atoms with Crippen molar-refractivity contribution in [2.75, 3.05) is 5.75 Å². The molecule has 1 heterocycles. The van der Waals surface area contributed by atoms with E-state index in [1.54, 1.807) is 6.92 Å². The number of nitrogens with one attached hydrogen (secondary N) is 1. The second-order valence-electron chi connectivity index (χ2n) is 4.16. The highest BCUT2D eigenvalue weighted by molar-refractivity contribution is 7.99. The second-order valence-corrected chi connectivity index (χ2v) is 5.30. The molecule has 0 bridgehead atoms. The molecule has 112 valence electrons. The van der Waals surface area contributed by atoms with E-state index in [2.05, 4.69) is 5.32 Å². The molecule has 0 aromatic carbocycles. The summed E-state index contributed by atoms with van der Waals surface area (Å²) in [4.78, 5) is 22.5. The summed E-state index contributed by atoms with van der Waals surface area (Å²) >= 11 is 1.22. The van der Waals surface area contributed by atoms with Gasteiger partial charge in [0.15, 0.2) is 5.88 Å². The summed E-state index contributed by atoms with van der Waals surface area (Å²) in [5, 5.41) is 30.3. The molecule has 0 saturated heterocycles. The van der Waals surface area contributed by atoms with E-state index >= 15 is 0 Å². The third-order valence-electron chi connectivity index (χ3n) is 2.66. The number of nitrogens with zero attached hydrogens (tertiary/aromatic N) is 1. The van der Waals surface area contributed by atoms with Gasteiger partial charge < -0.3 is 20.6 Å². The lowest BCUT2D eigenvalue weighted by Gasteiger charge is -2.08. The van der Waals surface area contributed by atoms with Crippen molar-refractivity contribution in [3.05, 3.63) is 6.07 Å². The van der Waals surface area contributed by atoms with Crippen LogP contribution in [0.25, 0.3) is 0 Å². The van der Waals surface area contributed by atoms with E-state index in [-0.39, 0.29) is 24.1 Å². The summed E-state index contributed by atoms with van der Waals surface area (Å²) in [6, 6.07) is 0.507. The van der Waals surface area contributed by atoms with Crippen molar-refractivity contribution in [3.8, 4) is 11.8 Å². The van der Waals surface area contributed by atoms with Crippen LogP contribution in [0.15, 0.2) is 11.0 Å². The van der Waals surface area contributed by atoms with Crippen LogP contribution < -0.4 is 5.32 Å². The molecule has 7 nitrogen and oxygen atoms in total. The minimum atomic E-state index is -1.09. The first-order chi connectivity index (χ1) is 9.36. The van der Waals surface area contributed by atoms with Crippen molar-refractivity contribution >= 4 is 23.6 Å². The quantitative estimate of drug-likeness (QED) is 0.559. The fourth-order valence-corrected chi connectivity index (χ4v) is 2.48. The molecule has 8 heteroatoms. The van der Waals surface area contributed by atoms with Crippen molar-refractivity contribution < 1.29 is 24.9 Å². The Bertz CT molecular complexity index is 500. The average molecular weight is 302 g/mol. The van der Waals surface area contributed by atoms with E-state index in [4.69, 9.17) is 5.11 Å². The third-order valence-corrected chi connectivity index (χ3v) is 3.68. The van der Waals surface area contributed by atoms with Gasteiger partial charge in [-0.2, -0.15) is 0 Å². The van der Waals surface area contributed by atoms with Gasteiger partial charge in [-0.3, -0.25) is 14.2 Å². The maximum Gasteiger partial charge on any atom is 0.325 e. The maximum absolute atomic E-state index is 11.5. The highest BCUT2D eigenvalue weighted by atomic mass is 32.2. The van der Waals surface area contributed by atoms with Crippen LogP contribution in [0.3, 0.4) is 0 Å². The van der Waals surface area contributed by atoms with Crippen molar-refractivity contribution in [2.45, 2.75) is 37.8 Å². The molecule has 1 aromatic heterocycles. The Morgan fingerprint density at radius 2 is 2.10 bits per heavy atom. The molecule has 0 spiro atoms. The number of amides is 1. The number of carbonyl (C=O) groups is 2. The molecular weight excluding hydrogens is 284 g/mol. The number of carbonyl (C=O) groups excluding carboxylic acids is 1. The number of aromatic nitrogens is 1. The highest BCUT2D eigenvalue weighted by Gasteiger charge is 2.15. The van der Waals surface area contributed by atoms with Gasteiger partial charge in [-0.15, -0.1) is 11.8 Å². The molecule has 1 unspecified atom stereocenters. The van der Waals surface area contributed by atoms with Gasteiger partial charge in [-0.25, -0.2) is 0 Å². The van der Waals surface area contributed by atoms with Crippen LogP contribution >= 0.6 is 11.8 Å². The first-order valence-electron chi connectivity index (χ1n) is 6.13. The van der Waals surface area contributed by atoms with E-state index in [1.807, 2.05) is 0 Å². The molecule has 1 atom stereocenters. The number of carboxylic acids is 1. The lowest BCUT2D eigenvalue weighted by Crippen LogP contribution is -2.38. The largest absolute Gasteiger partial charge is 0.494 e. The molecule has 4 N–H and O–H groups in total. The van der Waals surface area contributed by atoms with Gasteiger partial charge in [0.25, 0.3) is 0 Å². The number of carboxylic acid groups (broad SMARTS) is 1. The van der Waals surface area contributed by atoms with Crippen LogP contribution in [0.4, 0.5) is 0 Å². The Kier molecular flexibility index (Phi) is 5.75. The number of thioether (sulfide) groups is 1. The van der Waals surface area contributed by atoms with Gasteiger partial charge in [0.2, 0.25) is 11.8 Å². The Balaban J connectivity index is 2.45. The molecule has 20 heavy (non-hydrogen) atoms. The van der Waals surface area contributed by atoms with Crippen molar-refractivity contribution in [3.63, 3.8) is 0 Å². The maximum atomic E-state index is 11.5. The summed E-state index contributed by atoms with van der Waals surface area (Å²) in [6.45, 7) is 3.61. The Morgan fingerprint density at radius 3 is 2.60 bits per heavy atom. The minimum Gasteiger partial charge on any atom is -0.494 e. The fraction of sp³-hybridized carbons (Fsp3) is 0.500. The van der Waals surface area contributed by atoms with E-state index in [1.165, 1.54) is 29.3 Å². The molecule has 1 aromatic rings. The normalized spacial score (nSPS) is 12.1. The minimum absolute atomic E-state index is 0.0311. The molecule has 0 aliphatic heterocycles. The highest BCUT2D eigenvalue weighted by Crippen LogP contribution is 2.35. The second kappa shape index (κ2) is 7.09. The lowest BCUT2D eigenvalue weighted by molar-refractivity contribution is -0.141. The van der Waals surface area contributed by atoms with Gasteiger partial charge in [0.1, 0.15) is 6.04 Å². The number of rotatable bonds is 7. The van der Waals surface area contributed by atoms with Gasteiger partial charge in [0.05, 0.1) is 4.90 Å². The Hall–Kier alpha value is -1.83. The van der Waals surface area contributed by atoms with Gasteiger partial charge in [-0.05, 0) is 13.8 Å². The zero-order chi connectivity index (χ0) is 15.3. The summed E-state index contributed by atoms with van der Waals surface area (Å²) in [5.41, 5.74) is 0. The van der Waals surface area contributed by atoms with Crippen molar-refractivity contribution in [1.29, 1.82) is 0 Å². The summed E-state index contributed by atoms with van der Waals surface area (Å²) in [5.74, 6) is -1.15. The van der Waals surface area contributed by atoms with E-state index in [0.29, 0.717) is 17.2 Å². The van der Waals surface area contributed by atoms with Crippen LogP contribution in [0.1, 0.15) is 20.3 Å². The van der Waals surface area contributed by atoms with Crippen LogP contribution in [0.2, 0.25) is 0 Å². The summed E-state index contributed by atoms with van der Waals surface area (Å²) in [6.07, 6.45) is 0.125. The fourth-order valence-electron chi connectivity index (χ4n) is 1.55. The summed E-state index contributed by atoms with van der Waals surface area (Å²) < 4.78 is 1.34. The lowest BCUT2D eigenvalue weighted by atomic mass is 10.3. The number of hydrogen-bond donors (Lipinski definition) is 4. The van der Waals surface area contributed by atoms with E-state index in [9.17, 15) is 19.8 Å². The van der Waals surface area contributed by atoms with Crippen LogP contribution in [0, 0.1) is 0 Å². The first-order valence-corrected chi connectivity index (χ1v) is 7.11. The predicted molar refractivity (Wildman–Crippen MR) is 74.0 cm³/mol. The molecule has 1 amide bonds. The smallest absolute Gasteiger partial charge is 0.325 e. The van der Waals surface area contributed by atoms with Crippen molar-refractivity contribution in [1.82, 2.24) is 9.88 Å². The SMILES string of the molecule is CCn1c(O)cc(SCCC(=O)NC(C)C(=O)O)c1O. The van der Waals surface area contributed by atoms with Crippen LogP contribution in [0.5, 0.6) is 11.8 Å². The molecule has 0 saturated carbocycles. The third kappa shape index (κ3) is 4.09. The van der Waals surface area contributed by atoms with Gasteiger partial charge in [0, 0.05) is 24.8 Å². The molecule has 0 aliphatic rings. The first kappa shape index (κ1) is 16.2. The molecule has 1 rings (SSSR count). The predicted octanol–water partition coefficient (Wildman–Crippen LogP) is 0.991. The molecule has 0 fully saturated rings. The Labute approximate surface area is 120 Å². The zero-order valence-electron chi connectivity index (χ0n) is 11.3. The van der Waals surface area contributed by atoms with Crippen molar-refractivity contribution in [2.24, 2.45) is 0 Å². The molecule has 0 radical (unpaired) electrons. The van der Waals surface area contributed by atoms with Crippen LogP contribution in [-0.2, 0) is 16.1 Å².